The molecule has 19 heavy (non-hydrogen) atoms. The topological polar surface area (TPSA) is 78.8 Å². The first-order valence-corrected chi connectivity index (χ1v) is 6.27. The highest BCUT2D eigenvalue weighted by molar-refractivity contribution is 6.31. The average Bonchev–Trinajstić information content (AvgIpc) is 2.38. The molecule has 0 aromatic heterocycles. The van der Waals surface area contributed by atoms with Gasteiger partial charge in [0, 0.05) is 24.1 Å². The summed E-state index contributed by atoms with van der Waals surface area (Å²) in [6, 6.07) is 4.84. The molecule has 1 amide bonds. The molecule has 1 aromatic rings. The fraction of sp³-hybridized carbons (Fsp3) is 0.462. The SMILES string of the molecule is COc1ccc(Cl)c(C(O)C(O)CCNC(C)=O)c1. The first-order chi connectivity index (χ1) is 8.95. The number of halogens is 1. The van der Waals surface area contributed by atoms with E-state index < -0.39 is 12.2 Å². The summed E-state index contributed by atoms with van der Waals surface area (Å²) in [5.41, 5.74) is 0.399. The van der Waals surface area contributed by atoms with E-state index in [9.17, 15) is 15.0 Å². The Hall–Kier alpha value is -1.30. The third-order valence-electron chi connectivity index (χ3n) is 2.70. The molecular weight excluding hydrogens is 270 g/mol. The number of benzene rings is 1. The number of carbonyl (C=O) groups excluding carboxylic acids is 1. The molecule has 0 aliphatic rings. The van der Waals surface area contributed by atoms with E-state index in [0.29, 0.717) is 16.3 Å². The predicted molar refractivity (Wildman–Crippen MR) is 72.3 cm³/mol. The summed E-state index contributed by atoms with van der Waals surface area (Å²) in [4.78, 5) is 10.7. The van der Waals surface area contributed by atoms with Crippen molar-refractivity contribution >= 4 is 17.5 Å². The number of hydrogen-bond acceptors (Lipinski definition) is 4. The van der Waals surface area contributed by atoms with Crippen molar-refractivity contribution in [2.75, 3.05) is 13.7 Å². The lowest BCUT2D eigenvalue weighted by Gasteiger charge is -2.19. The molecule has 5 nitrogen and oxygen atoms in total. The number of rotatable bonds is 6. The van der Waals surface area contributed by atoms with Gasteiger partial charge in [-0.2, -0.15) is 0 Å². The molecule has 1 aromatic carbocycles. The molecular formula is C13H18ClNO4. The summed E-state index contributed by atoms with van der Waals surface area (Å²) in [6.07, 6.45) is -1.92. The number of carbonyl (C=O) groups is 1. The lowest BCUT2D eigenvalue weighted by Crippen LogP contribution is -2.27. The largest absolute Gasteiger partial charge is 0.497 e. The van der Waals surface area contributed by atoms with Crippen LogP contribution in [0.4, 0.5) is 0 Å². The van der Waals surface area contributed by atoms with Gasteiger partial charge in [0.2, 0.25) is 5.91 Å². The third kappa shape index (κ3) is 4.70. The zero-order valence-electron chi connectivity index (χ0n) is 10.9. The van der Waals surface area contributed by atoms with Gasteiger partial charge in [-0.15, -0.1) is 0 Å². The Morgan fingerprint density at radius 1 is 1.47 bits per heavy atom. The van der Waals surface area contributed by atoms with Crippen LogP contribution in [0.5, 0.6) is 5.75 Å². The minimum Gasteiger partial charge on any atom is -0.497 e. The molecule has 0 heterocycles. The van der Waals surface area contributed by atoms with Crippen LogP contribution < -0.4 is 10.1 Å². The zero-order chi connectivity index (χ0) is 14.4. The molecule has 3 N–H and O–H groups in total. The van der Waals surface area contributed by atoms with Crippen LogP contribution in [-0.4, -0.2) is 35.9 Å². The molecule has 0 spiro atoms. The van der Waals surface area contributed by atoms with Gasteiger partial charge in [-0.1, -0.05) is 11.6 Å². The first-order valence-electron chi connectivity index (χ1n) is 5.89. The van der Waals surface area contributed by atoms with Crippen LogP contribution in [0.25, 0.3) is 0 Å². The minimum atomic E-state index is -1.13. The third-order valence-corrected chi connectivity index (χ3v) is 3.04. The number of amides is 1. The predicted octanol–water partition coefficient (Wildman–Crippen LogP) is 1.27. The van der Waals surface area contributed by atoms with Gasteiger partial charge >= 0.3 is 0 Å². The van der Waals surface area contributed by atoms with E-state index in [1.807, 2.05) is 0 Å². The van der Waals surface area contributed by atoms with Crippen LogP contribution in [0.3, 0.4) is 0 Å². The maximum absolute atomic E-state index is 10.7. The molecule has 0 saturated heterocycles. The average molecular weight is 288 g/mol. The molecule has 1 rings (SSSR count). The van der Waals surface area contributed by atoms with Crippen molar-refractivity contribution in [1.29, 1.82) is 0 Å². The van der Waals surface area contributed by atoms with Crippen molar-refractivity contribution in [2.24, 2.45) is 0 Å². The monoisotopic (exact) mass is 287 g/mol. The van der Waals surface area contributed by atoms with Crippen LogP contribution in [0.1, 0.15) is 25.0 Å². The Balaban J connectivity index is 2.70. The second-order valence-corrected chi connectivity index (χ2v) is 4.58. The van der Waals surface area contributed by atoms with Gasteiger partial charge in [0.15, 0.2) is 0 Å². The molecule has 0 fully saturated rings. The Morgan fingerprint density at radius 2 is 2.16 bits per heavy atom. The highest BCUT2D eigenvalue weighted by Crippen LogP contribution is 2.29. The summed E-state index contributed by atoms with van der Waals surface area (Å²) in [5.74, 6) is 0.369. The smallest absolute Gasteiger partial charge is 0.216 e. The van der Waals surface area contributed by atoms with Gasteiger partial charge in [0.05, 0.1) is 13.2 Å². The molecule has 0 aliphatic heterocycles. The Labute approximate surface area is 117 Å². The summed E-state index contributed by atoms with van der Waals surface area (Å²) >= 11 is 5.98. The van der Waals surface area contributed by atoms with E-state index in [1.54, 1.807) is 18.2 Å². The highest BCUT2D eigenvalue weighted by atomic mass is 35.5. The number of methoxy groups -OCH3 is 1. The molecule has 6 heteroatoms. The van der Waals surface area contributed by atoms with Gasteiger partial charge in [-0.05, 0) is 24.6 Å². The maximum atomic E-state index is 10.7. The van der Waals surface area contributed by atoms with Crippen LogP contribution in [-0.2, 0) is 4.79 Å². The van der Waals surface area contributed by atoms with Gasteiger partial charge in [-0.25, -0.2) is 0 Å². The zero-order valence-corrected chi connectivity index (χ0v) is 11.6. The van der Waals surface area contributed by atoms with E-state index in [4.69, 9.17) is 16.3 Å². The fourth-order valence-corrected chi connectivity index (χ4v) is 1.87. The number of aliphatic hydroxyl groups is 2. The van der Waals surface area contributed by atoms with Crippen molar-refractivity contribution in [1.82, 2.24) is 5.32 Å². The summed E-state index contributed by atoms with van der Waals surface area (Å²) in [7, 11) is 1.51. The molecule has 2 atom stereocenters. The van der Waals surface area contributed by atoms with E-state index >= 15 is 0 Å². The van der Waals surface area contributed by atoms with Crippen molar-refractivity contribution in [3.8, 4) is 5.75 Å². The van der Waals surface area contributed by atoms with Gasteiger partial charge in [0.25, 0.3) is 0 Å². The molecule has 106 valence electrons. The second-order valence-electron chi connectivity index (χ2n) is 4.17. The minimum absolute atomic E-state index is 0.180. The Morgan fingerprint density at radius 3 is 2.74 bits per heavy atom. The fourth-order valence-electron chi connectivity index (χ4n) is 1.64. The van der Waals surface area contributed by atoms with Crippen molar-refractivity contribution in [2.45, 2.75) is 25.6 Å². The van der Waals surface area contributed by atoms with Crippen LogP contribution >= 0.6 is 11.6 Å². The van der Waals surface area contributed by atoms with E-state index in [0.717, 1.165) is 0 Å². The van der Waals surface area contributed by atoms with E-state index in [2.05, 4.69) is 5.32 Å². The summed E-state index contributed by atoms with van der Waals surface area (Å²) in [5, 5.41) is 22.8. The summed E-state index contributed by atoms with van der Waals surface area (Å²) in [6.45, 7) is 1.68. The normalized spacial score (nSPS) is 13.7. The molecule has 0 radical (unpaired) electrons. The van der Waals surface area contributed by atoms with Crippen molar-refractivity contribution in [3.05, 3.63) is 28.8 Å². The number of ether oxygens (including phenoxy) is 1. The van der Waals surface area contributed by atoms with Crippen molar-refractivity contribution < 1.29 is 19.7 Å². The van der Waals surface area contributed by atoms with Crippen LogP contribution in [0.2, 0.25) is 5.02 Å². The van der Waals surface area contributed by atoms with Crippen LogP contribution in [0, 0.1) is 0 Å². The Bertz CT molecular complexity index is 439. The molecule has 0 aliphatic carbocycles. The van der Waals surface area contributed by atoms with Gasteiger partial charge in [0.1, 0.15) is 11.9 Å². The first kappa shape index (κ1) is 15.8. The summed E-state index contributed by atoms with van der Waals surface area (Å²) < 4.78 is 5.04. The quantitative estimate of drug-likeness (QED) is 0.736. The van der Waals surface area contributed by atoms with Gasteiger partial charge < -0.3 is 20.3 Å². The maximum Gasteiger partial charge on any atom is 0.216 e. The van der Waals surface area contributed by atoms with E-state index in [1.165, 1.54) is 14.0 Å². The lowest BCUT2D eigenvalue weighted by molar-refractivity contribution is -0.119. The van der Waals surface area contributed by atoms with E-state index in [-0.39, 0.29) is 18.9 Å². The number of nitrogens with one attached hydrogen (secondary N) is 1. The van der Waals surface area contributed by atoms with Crippen LogP contribution in [0.15, 0.2) is 18.2 Å². The molecule has 2 unspecified atom stereocenters. The molecule has 0 saturated carbocycles. The van der Waals surface area contributed by atoms with Gasteiger partial charge in [-0.3, -0.25) is 4.79 Å². The molecule has 0 bridgehead atoms. The number of aliphatic hydroxyl groups excluding tert-OH is 2. The van der Waals surface area contributed by atoms with Crippen molar-refractivity contribution in [3.63, 3.8) is 0 Å². The number of hydrogen-bond donors (Lipinski definition) is 3. The highest BCUT2D eigenvalue weighted by Gasteiger charge is 2.21. The standard InChI is InChI=1S/C13H18ClNO4/c1-8(16)15-6-5-12(17)13(18)10-7-9(19-2)3-4-11(10)14/h3-4,7,12-13,17-18H,5-6H2,1-2H3,(H,15,16). The Kier molecular flexibility index (Phi) is 6.08. The lowest BCUT2D eigenvalue weighted by atomic mass is 10.0. The second kappa shape index (κ2) is 7.33.